The van der Waals surface area contributed by atoms with Gasteiger partial charge in [0.05, 0.1) is 0 Å². The van der Waals surface area contributed by atoms with Gasteiger partial charge in [-0.05, 0) is 12.1 Å². The standard InChI is InChI=1S/C11H16N2OS.C2H6/c1-8(2)11(14)9-3-4-10(13-7-9)12-5-6-15;1-2/h3-4,7-8,15H,5-6H2,1-2H3,(H,12,13);1-2H3. The van der Waals surface area contributed by atoms with Crippen molar-refractivity contribution in [2.45, 2.75) is 27.7 Å². The molecule has 0 atom stereocenters. The molecule has 4 heteroatoms. The molecule has 1 heterocycles. The molecule has 0 saturated carbocycles. The number of hydrogen-bond donors (Lipinski definition) is 2. The van der Waals surface area contributed by atoms with E-state index >= 15 is 0 Å². The molecule has 0 spiro atoms. The van der Waals surface area contributed by atoms with Crippen molar-refractivity contribution >= 4 is 24.2 Å². The first-order valence-corrected chi connectivity index (χ1v) is 6.63. The third-order valence-electron chi connectivity index (χ3n) is 1.99. The van der Waals surface area contributed by atoms with Gasteiger partial charge in [0.1, 0.15) is 5.82 Å². The molecule has 0 bridgehead atoms. The summed E-state index contributed by atoms with van der Waals surface area (Å²) in [5, 5.41) is 3.09. The lowest BCUT2D eigenvalue weighted by Gasteiger charge is -2.06. The van der Waals surface area contributed by atoms with Gasteiger partial charge in [0.2, 0.25) is 0 Å². The van der Waals surface area contributed by atoms with Crippen molar-refractivity contribution in [2.24, 2.45) is 5.92 Å². The van der Waals surface area contributed by atoms with Gasteiger partial charge in [0.15, 0.2) is 5.78 Å². The van der Waals surface area contributed by atoms with Gasteiger partial charge in [-0.2, -0.15) is 12.6 Å². The van der Waals surface area contributed by atoms with Crippen LogP contribution in [0.1, 0.15) is 38.1 Å². The quantitative estimate of drug-likeness (QED) is 0.626. The summed E-state index contributed by atoms with van der Waals surface area (Å²) in [5.74, 6) is 1.68. The second-order valence-electron chi connectivity index (χ2n) is 3.60. The highest BCUT2D eigenvalue weighted by atomic mass is 32.1. The molecule has 96 valence electrons. The minimum Gasteiger partial charge on any atom is -0.369 e. The second kappa shape index (κ2) is 9.05. The Labute approximate surface area is 109 Å². The van der Waals surface area contributed by atoms with Gasteiger partial charge >= 0.3 is 0 Å². The van der Waals surface area contributed by atoms with Crippen LogP contribution < -0.4 is 5.32 Å². The van der Waals surface area contributed by atoms with Crippen molar-refractivity contribution < 1.29 is 4.79 Å². The summed E-state index contributed by atoms with van der Waals surface area (Å²) < 4.78 is 0. The number of pyridine rings is 1. The lowest BCUT2D eigenvalue weighted by molar-refractivity contribution is 0.0939. The Morgan fingerprint density at radius 2 is 2.06 bits per heavy atom. The van der Waals surface area contributed by atoms with E-state index in [0.29, 0.717) is 5.56 Å². The normalized spacial score (nSPS) is 9.53. The molecule has 0 unspecified atom stereocenters. The van der Waals surface area contributed by atoms with Crippen LogP contribution in [0.25, 0.3) is 0 Å². The fraction of sp³-hybridized carbons (Fsp3) is 0.538. The summed E-state index contributed by atoms with van der Waals surface area (Å²) in [4.78, 5) is 15.8. The summed E-state index contributed by atoms with van der Waals surface area (Å²) in [7, 11) is 0. The molecule has 0 saturated heterocycles. The van der Waals surface area contributed by atoms with Gasteiger partial charge in [-0.1, -0.05) is 27.7 Å². The van der Waals surface area contributed by atoms with Crippen LogP contribution in [0.3, 0.4) is 0 Å². The van der Waals surface area contributed by atoms with Crippen molar-refractivity contribution in [3.8, 4) is 0 Å². The van der Waals surface area contributed by atoms with E-state index in [9.17, 15) is 4.79 Å². The van der Waals surface area contributed by atoms with Crippen LogP contribution >= 0.6 is 12.6 Å². The lowest BCUT2D eigenvalue weighted by Crippen LogP contribution is -2.09. The van der Waals surface area contributed by atoms with Crippen molar-refractivity contribution in [2.75, 3.05) is 17.6 Å². The van der Waals surface area contributed by atoms with E-state index in [2.05, 4.69) is 22.9 Å². The van der Waals surface area contributed by atoms with Crippen molar-refractivity contribution in [3.63, 3.8) is 0 Å². The molecular weight excluding hydrogens is 232 g/mol. The summed E-state index contributed by atoms with van der Waals surface area (Å²) in [6.45, 7) is 8.54. The van der Waals surface area contributed by atoms with Crippen LogP contribution in [0.4, 0.5) is 5.82 Å². The fourth-order valence-corrected chi connectivity index (χ4v) is 1.27. The maximum absolute atomic E-state index is 11.6. The fourth-order valence-electron chi connectivity index (χ4n) is 1.16. The number of thiol groups is 1. The second-order valence-corrected chi connectivity index (χ2v) is 4.05. The molecule has 1 rings (SSSR count). The minimum atomic E-state index is 0.0167. The highest BCUT2D eigenvalue weighted by Crippen LogP contribution is 2.09. The highest BCUT2D eigenvalue weighted by molar-refractivity contribution is 7.80. The largest absolute Gasteiger partial charge is 0.369 e. The first kappa shape index (κ1) is 16.0. The minimum absolute atomic E-state index is 0.0167. The van der Waals surface area contributed by atoms with E-state index in [-0.39, 0.29) is 11.7 Å². The van der Waals surface area contributed by atoms with E-state index in [1.807, 2.05) is 33.8 Å². The van der Waals surface area contributed by atoms with Crippen LogP contribution in [0.15, 0.2) is 18.3 Å². The molecule has 3 nitrogen and oxygen atoms in total. The molecule has 0 aromatic carbocycles. The number of ketones is 1. The van der Waals surface area contributed by atoms with Gasteiger partial charge in [-0.25, -0.2) is 4.98 Å². The van der Waals surface area contributed by atoms with Crippen LogP contribution in [-0.4, -0.2) is 23.1 Å². The zero-order chi connectivity index (χ0) is 13.3. The Bertz CT molecular complexity index is 323. The number of nitrogens with one attached hydrogen (secondary N) is 1. The van der Waals surface area contributed by atoms with E-state index in [4.69, 9.17) is 0 Å². The monoisotopic (exact) mass is 254 g/mol. The van der Waals surface area contributed by atoms with Crippen LogP contribution in [-0.2, 0) is 0 Å². The molecule has 0 fully saturated rings. The maximum Gasteiger partial charge on any atom is 0.166 e. The average molecular weight is 254 g/mol. The number of Topliss-reactive ketones (excluding diaryl/α,β-unsaturated/α-hetero) is 1. The predicted octanol–water partition coefficient (Wildman–Crippen LogP) is 3.29. The lowest BCUT2D eigenvalue weighted by atomic mass is 10.0. The van der Waals surface area contributed by atoms with Gasteiger partial charge in [0.25, 0.3) is 0 Å². The molecule has 0 aliphatic rings. The molecule has 0 amide bonds. The Morgan fingerprint density at radius 3 is 2.47 bits per heavy atom. The number of carbonyl (C=O) groups excluding carboxylic acids is 1. The first-order valence-electron chi connectivity index (χ1n) is 6.00. The van der Waals surface area contributed by atoms with E-state index in [1.54, 1.807) is 12.3 Å². The average Bonchev–Trinajstić information content (AvgIpc) is 2.38. The summed E-state index contributed by atoms with van der Waals surface area (Å²) in [5.41, 5.74) is 0.668. The molecule has 1 N–H and O–H groups in total. The van der Waals surface area contributed by atoms with Gasteiger partial charge < -0.3 is 5.32 Å². The van der Waals surface area contributed by atoms with Gasteiger partial charge in [-0.15, -0.1) is 0 Å². The summed E-state index contributed by atoms with van der Waals surface area (Å²) in [6.07, 6.45) is 1.61. The Balaban J connectivity index is 0.00000121. The Morgan fingerprint density at radius 1 is 1.41 bits per heavy atom. The van der Waals surface area contributed by atoms with E-state index < -0.39 is 0 Å². The topological polar surface area (TPSA) is 42.0 Å². The zero-order valence-corrected chi connectivity index (χ0v) is 11.9. The van der Waals surface area contributed by atoms with E-state index in [1.165, 1.54) is 0 Å². The predicted molar refractivity (Wildman–Crippen MR) is 77.1 cm³/mol. The van der Waals surface area contributed by atoms with Crippen molar-refractivity contribution in [3.05, 3.63) is 23.9 Å². The van der Waals surface area contributed by atoms with Crippen LogP contribution in [0.5, 0.6) is 0 Å². The molecule has 0 aliphatic heterocycles. The van der Waals surface area contributed by atoms with Crippen LogP contribution in [0.2, 0.25) is 0 Å². The van der Waals surface area contributed by atoms with Gasteiger partial charge in [0, 0.05) is 30.0 Å². The molecular formula is C13H22N2OS. The molecule has 0 radical (unpaired) electrons. The maximum atomic E-state index is 11.6. The molecule has 17 heavy (non-hydrogen) atoms. The van der Waals surface area contributed by atoms with Crippen molar-refractivity contribution in [1.29, 1.82) is 0 Å². The molecule has 1 aromatic rings. The van der Waals surface area contributed by atoms with Gasteiger partial charge in [-0.3, -0.25) is 4.79 Å². The number of carbonyl (C=O) groups is 1. The Hall–Kier alpha value is -1.03. The molecule has 0 aliphatic carbocycles. The smallest absolute Gasteiger partial charge is 0.166 e. The Kier molecular flexibility index (Phi) is 8.50. The van der Waals surface area contributed by atoms with Crippen LogP contribution in [0, 0.1) is 5.92 Å². The van der Waals surface area contributed by atoms with Crippen molar-refractivity contribution in [1.82, 2.24) is 4.98 Å². The third-order valence-corrected chi connectivity index (χ3v) is 2.21. The number of anilines is 1. The zero-order valence-electron chi connectivity index (χ0n) is 11.0. The number of aromatic nitrogens is 1. The third kappa shape index (κ3) is 5.73. The SMILES string of the molecule is CC.CC(C)C(=O)c1ccc(NCCS)nc1. The number of rotatable bonds is 5. The molecule has 1 aromatic heterocycles. The highest BCUT2D eigenvalue weighted by Gasteiger charge is 2.10. The number of hydrogen-bond acceptors (Lipinski definition) is 4. The first-order chi connectivity index (χ1) is 8.15. The summed E-state index contributed by atoms with van der Waals surface area (Å²) in [6, 6.07) is 3.62. The number of nitrogens with zero attached hydrogens (tertiary/aromatic N) is 1. The summed E-state index contributed by atoms with van der Waals surface area (Å²) >= 11 is 4.09. The van der Waals surface area contributed by atoms with E-state index in [0.717, 1.165) is 18.1 Å².